The molecule has 1 fully saturated rings. The molecule has 3 heterocycles. The van der Waals surface area contributed by atoms with Crippen LogP contribution in [0, 0.1) is 5.92 Å². The van der Waals surface area contributed by atoms with Crippen molar-refractivity contribution in [3.8, 4) is 0 Å². The number of aromatic nitrogens is 3. The molecule has 1 N–H and O–H groups in total. The highest BCUT2D eigenvalue weighted by molar-refractivity contribution is 7.16. The highest BCUT2D eigenvalue weighted by Gasteiger charge is 2.42. The molecule has 0 bridgehead atoms. The molecule has 6 nitrogen and oxygen atoms in total. The summed E-state index contributed by atoms with van der Waals surface area (Å²) in [6, 6.07) is 0. The van der Waals surface area contributed by atoms with Crippen molar-refractivity contribution < 1.29 is 31.9 Å². The van der Waals surface area contributed by atoms with Gasteiger partial charge < -0.3 is 10.0 Å². The predicted octanol–water partition coefficient (Wildman–Crippen LogP) is 2.87. The number of fused-ring (bicyclic) bond motifs is 1. The van der Waals surface area contributed by atoms with E-state index in [9.17, 15) is 26.7 Å². The van der Waals surface area contributed by atoms with Gasteiger partial charge >= 0.3 is 11.6 Å². The molecule has 2 aromatic heterocycles. The van der Waals surface area contributed by atoms with Crippen LogP contribution in [0.3, 0.4) is 0 Å². The minimum Gasteiger partial charge on any atom is -0.389 e. The van der Waals surface area contributed by atoms with Gasteiger partial charge in [-0.2, -0.15) is 27.1 Å². The molecular formula is C13H12ClF5N4O2S. The first-order chi connectivity index (χ1) is 12.0. The highest BCUT2D eigenvalue weighted by atomic mass is 35.5. The number of carbonyl (C=O) groups is 1. The second-order valence-electron chi connectivity index (χ2n) is 5.92. The second-order valence-corrected chi connectivity index (χ2v) is 7.51. The molecule has 1 aliphatic heterocycles. The maximum absolute atomic E-state index is 13.2. The van der Waals surface area contributed by atoms with E-state index in [1.807, 2.05) is 0 Å². The zero-order chi connectivity index (χ0) is 19.3. The van der Waals surface area contributed by atoms with Crippen molar-refractivity contribution in [1.29, 1.82) is 0 Å². The predicted molar refractivity (Wildman–Crippen MR) is 80.7 cm³/mol. The molecule has 0 saturated carbocycles. The average Bonchev–Trinajstić information content (AvgIpc) is 3.11. The summed E-state index contributed by atoms with van der Waals surface area (Å²) < 4.78 is 66.5. The molecule has 1 aliphatic rings. The summed E-state index contributed by atoms with van der Waals surface area (Å²) in [6.07, 6.45) is -5.73. The van der Waals surface area contributed by atoms with Crippen molar-refractivity contribution in [2.24, 2.45) is 5.92 Å². The minimum absolute atomic E-state index is 0.0770. The van der Waals surface area contributed by atoms with Crippen LogP contribution in [0.2, 0.25) is 0 Å². The normalized spacial score (nSPS) is 19.1. The number of likely N-dealkylation sites (tertiary alicyclic amines) is 1. The van der Waals surface area contributed by atoms with Gasteiger partial charge in [0.25, 0.3) is 0 Å². The van der Waals surface area contributed by atoms with Gasteiger partial charge in [-0.05, 0) is 17.5 Å². The third-order valence-corrected chi connectivity index (χ3v) is 4.94. The van der Waals surface area contributed by atoms with Crippen molar-refractivity contribution in [2.75, 3.05) is 6.54 Å². The van der Waals surface area contributed by atoms with Gasteiger partial charge in [0, 0.05) is 19.4 Å². The van der Waals surface area contributed by atoms with E-state index in [0.29, 0.717) is 0 Å². The van der Waals surface area contributed by atoms with E-state index < -0.39 is 48.6 Å². The number of imidazole rings is 1. The van der Waals surface area contributed by atoms with Gasteiger partial charge in [-0.15, -0.1) is 0 Å². The van der Waals surface area contributed by atoms with Gasteiger partial charge in [-0.3, -0.25) is 4.79 Å². The van der Waals surface area contributed by atoms with Crippen molar-refractivity contribution in [1.82, 2.24) is 19.5 Å². The molecular weight excluding hydrogens is 407 g/mol. The number of carbonyl (C=O) groups excluding carboxylic acids is 1. The third kappa shape index (κ3) is 3.91. The fraction of sp³-hybridized carbons (Fsp3) is 0.615. The Hall–Kier alpha value is -1.53. The van der Waals surface area contributed by atoms with Crippen LogP contribution in [-0.2, 0) is 24.1 Å². The lowest BCUT2D eigenvalue weighted by Crippen LogP contribution is -2.27. The lowest BCUT2D eigenvalue weighted by atomic mass is 10.1. The number of hydrogen-bond acceptors (Lipinski definition) is 5. The summed E-state index contributed by atoms with van der Waals surface area (Å²) in [5.41, 5.74) is -1.57. The third-order valence-electron chi connectivity index (χ3n) is 3.90. The lowest BCUT2D eigenvalue weighted by molar-refractivity contribution is -0.142. The molecule has 1 saturated heterocycles. The molecule has 26 heavy (non-hydrogen) atoms. The summed E-state index contributed by atoms with van der Waals surface area (Å²) in [5.74, 6) is -1.30. The average molecular weight is 419 g/mol. The Morgan fingerprint density at radius 1 is 1.31 bits per heavy atom. The Morgan fingerprint density at radius 2 is 2.00 bits per heavy atom. The van der Waals surface area contributed by atoms with E-state index in [-0.39, 0.29) is 28.6 Å². The van der Waals surface area contributed by atoms with Crippen LogP contribution >= 0.6 is 22.9 Å². The highest BCUT2D eigenvalue weighted by Crippen LogP contribution is 2.36. The first kappa shape index (κ1) is 19.2. The molecule has 13 heteroatoms. The number of hydrogen-bond donors (Lipinski definition) is 1. The largest absolute Gasteiger partial charge is 0.435 e. The standard InChI is InChI=1S/C13H12ClF5N4O2S/c14-12(15,16)2-6-1-9(25)22(3-6)4-7-10(13(17,18)19)20-11-23(7)21-8(5-24)26-11/h6,24H,1-5H2/t6-/m0/s1. The minimum atomic E-state index is -4.77. The molecule has 0 spiro atoms. The Kier molecular flexibility index (Phi) is 4.86. The number of aliphatic hydroxyl groups excluding tert-OH is 1. The van der Waals surface area contributed by atoms with E-state index in [2.05, 4.69) is 10.1 Å². The number of halogens is 6. The first-order valence-corrected chi connectivity index (χ1v) is 8.57. The number of amides is 1. The van der Waals surface area contributed by atoms with Crippen molar-refractivity contribution in [2.45, 2.75) is 37.6 Å². The molecule has 0 unspecified atom stereocenters. The molecule has 0 radical (unpaired) electrons. The fourth-order valence-corrected chi connectivity index (χ4v) is 3.90. The molecule has 0 aromatic carbocycles. The van der Waals surface area contributed by atoms with Crippen molar-refractivity contribution in [3.63, 3.8) is 0 Å². The van der Waals surface area contributed by atoms with Gasteiger partial charge in [0.15, 0.2) is 5.69 Å². The molecule has 0 aliphatic carbocycles. The summed E-state index contributed by atoms with van der Waals surface area (Å²) in [7, 11) is 0. The van der Waals surface area contributed by atoms with E-state index >= 15 is 0 Å². The molecule has 2 aromatic rings. The monoisotopic (exact) mass is 418 g/mol. The molecule has 3 rings (SSSR count). The van der Waals surface area contributed by atoms with Crippen LogP contribution in [0.1, 0.15) is 29.2 Å². The zero-order valence-corrected chi connectivity index (χ0v) is 14.5. The van der Waals surface area contributed by atoms with Crippen LogP contribution in [-0.4, -0.2) is 42.4 Å². The van der Waals surface area contributed by atoms with Gasteiger partial charge in [0.1, 0.15) is 5.01 Å². The SMILES string of the molecule is O=C1C[C@@H](CC(F)(F)Cl)CN1Cc1c(C(F)(F)F)nc2sc(CO)nn12. The Balaban J connectivity index is 1.90. The van der Waals surface area contributed by atoms with Crippen molar-refractivity contribution >= 4 is 33.8 Å². The second kappa shape index (κ2) is 6.57. The Labute approximate surface area is 152 Å². The number of alkyl halides is 6. The molecule has 1 amide bonds. The summed E-state index contributed by atoms with van der Waals surface area (Å²) in [4.78, 5) is 16.5. The van der Waals surface area contributed by atoms with Crippen molar-refractivity contribution in [3.05, 3.63) is 16.4 Å². The van der Waals surface area contributed by atoms with Crippen LogP contribution in [0.4, 0.5) is 22.0 Å². The first-order valence-electron chi connectivity index (χ1n) is 7.38. The quantitative estimate of drug-likeness (QED) is 0.599. The van der Waals surface area contributed by atoms with Gasteiger partial charge in [0.05, 0.1) is 18.8 Å². The summed E-state index contributed by atoms with van der Waals surface area (Å²) in [5, 5.41) is 9.62. The zero-order valence-electron chi connectivity index (χ0n) is 12.9. The van der Waals surface area contributed by atoms with Crippen LogP contribution < -0.4 is 0 Å². The van der Waals surface area contributed by atoms with E-state index in [1.54, 1.807) is 0 Å². The van der Waals surface area contributed by atoms with E-state index in [4.69, 9.17) is 16.7 Å². The van der Waals surface area contributed by atoms with Crippen LogP contribution in [0.25, 0.3) is 4.96 Å². The summed E-state index contributed by atoms with van der Waals surface area (Å²) >= 11 is 5.66. The topological polar surface area (TPSA) is 70.7 Å². The summed E-state index contributed by atoms with van der Waals surface area (Å²) in [6.45, 7) is -1.08. The smallest absolute Gasteiger partial charge is 0.389 e. The van der Waals surface area contributed by atoms with Crippen LogP contribution in [0.15, 0.2) is 0 Å². The fourth-order valence-electron chi connectivity index (χ4n) is 2.91. The van der Waals surface area contributed by atoms with E-state index in [0.717, 1.165) is 20.8 Å². The Bertz CT molecular complexity index is 831. The number of nitrogens with zero attached hydrogens (tertiary/aromatic N) is 4. The maximum Gasteiger partial charge on any atom is 0.435 e. The Morgan fingerprint density at radius 3 is 2.58 bits per heavy atom. The number of aliphatic hydroxyl groups is 1. The van der Waals surface area contributed by atoms with Gasteiger partial charge in [0.2, 0.25) is 10.9 Å². The molecule has 144 valence electrons. The van der Waals surface area contributed by atoms with Gasteiger partial charge in [-0.25, -0.2) is 9.50 Å². The number of rotatable bonds is 5. The lowest BCUT2D eigenvalue weighted by Gasteiger charge is -2.18. The van der Waals surface area contributed by atoms with E-state index in [1.165, 1.54) is 0 Å². The van der Waals surface area contributed by atoms with Gasteiger partial charge in [-0.1, -0.05) is 11.3 Å². The van der Waals surface area contributed by atoms with Crippen LogP contribution in [0.5, 0.6) is 0 Å². The maximum atomic E-state index is 13.2. The molecule has 1 atom stereocenters.